The van der Waals surface area contributed by atoms with Gasteiger partial charge in [-0.3, -0.25) is 9.10 Å². The number of carbonyl (C=O) groups excluding carboxylic acids is 1. The van der Waals surface area contributed by atoms with Crippen LogP contribution < -0.4 is 14.4 Å². The molecule has 0 saturated carbocycles. The lowest BCUT2D eigenvalue weighted by atomic mass is 10.1. The highest BCUT2D eigenvalue weighted by Crippen LogP contribution is 2.23. The smallest absolute Gasteiger partial charge is 0.264 e. The van der Waals surface area contributed by atoms with Crippen LogP contribution in [0.3, 0.4) is 0 Å². The van der Waals surface area contributed by atoms with Gasteiger partial charge in [-0.05, 0) is 73.9 Å². The van der Waals surface area contributed by atoms with Crippen LogP contribution in [0.2, 0.25) is 0 Å². The summed E-state index contributed by atoms with van der Waals surface area (Å²) in [6.07, 6.45) is 1.46. The van der Waals surface area contributed by atoms with E-state index in [9.17, 15) is 17.6 Å². The van der Waals surface area contributed by atoms with E-state index in [2.05, 4.69) is 5.32 Å². The molecule has 0 aliphatic carbocycles. The molecule has 0 aliphatic heterocycles. The summed E-state index contributed by atoms with van der Waals surface area (Å²) in [6, 6.07) is 20.6. The van der Waals surface area contributed by atoms with Gasteiger partial charge in [-0.2, -0.15) is 0 Å². The summed E-state index contributed by atoms with van der Waals surface area (Å²) in [5.74, 6) is -0.116. The number of nitrogens with zero attached hydrogens (tertiary/aromatic N) is 1. The highest BCUT2D eigenvalue weighted by Gasteiger charge is 2.27. The van der Waals surface area contributed by atoms with Gasteiger partial charge in [-0.1, -0.05) is 30.3 Å². The second-order valence-corrected chi connectivity index (χ2v) is 9.19. The van der Waals surface area contributed by atoms with E-state index < -0.39 is 28.3 Å². The van der Waals surface area contributed by atoms with Gasteiger partial charge in [-0.15, -0.1) is 0 Å². The van der Waals surface area contributed by atoms with Gasteiger partial charge in [0.05, 0.1) is 17.2 Å². The molecule has 33 heavy (non-hydrogen) atoms. The maximum Gasteiger partial charge on any atom is 0.264 e. The topological polar surface area (TPSA) is 75.7 Å². The van der Waals surface area contributed by atoms with Gasteiger partial charge in [-0.25, -0.2) is 12.8 Å². The maximum absolute atomic E-state index is 13.4. The molecule has 8 heteroatoms. The van der Waals surface area contributed by atoms with Gasteiger partial charge in [0.2, 0.25) is 5.91 Å². The Balaban J connectivity index is 1.62. The Morgan fingerprint density at radius 2 is 1.64 bits per heavy atom. The van der Waals surface area contributed by atoms with Crippen molar-refractivity contribution in [3.63, 3.8) is 0 Å². The van der Waals surface area contributed by atoms with Gasteiger partial charge >= 0.3 is 0 Å². The normalized spacial score (nSPS) is 11.1. The van der Waals surface area contributed by atoms with Crippen molar-refractivity contribution in [3.8, 4) is 5.75 Å². The van der Waals surface area contributed by atoms with Gasteiger partial charge in [0, 0.05) is 6.54 Å². The predicted octanol–water partition coefficient (Wildman–Crippen LogP) is 4.17. The van der Waals surface area contributed by atoms with E-state index in [1.807, 2.05) is 31.2 Å². The summed E-state index contributed by atoms with van der Waals surface area (Å²) < 4.78 is 46.2. The summed E-state index contributed by atoms with van der Waals surface area (Å²) in [5.41, 5.74) is 1.33. The fraction of sp³-hybridized carbons (Fsp3) is 0.240. The number of rotatable bonds is 11. The molecule has 0 fully saturated rings. The highest BCUT2D eigenvalue weighted by atomic mass is 32.2. The highest BCUT2D eigenvalue weighted by molar-refractivity contribution is 7.92. The molecular weight excluding hydrogens is 443 g/mol. The summed E-state index contributed by atoms with van der Waals surface area (Å²) in [5, 5.41) is 2.78. The van der Waals surface area contributed by atoms with Crippen molar-refractivity contribution in [2.75, 3.05) is 24.0 Å². The molecule has 1 N–H and O–H groups in total. The van der Waals surface area contributed by atoms with Crippen LogP contribution in [0.4, 0.5) is 10.1 Å². The molecule has 0 spiro atoms. The Hall–Kier alpha value is -3.39. The van der Waals surface area contributed by atoms with Gasteiger partial charge in [0.15, 0.2) is 0 Å². The quantitative estimate of drug-likeness (QED) is 0.427. The molecule has 0 heterocycles. The van der Waals surface area contributed by atoms with Crippen molar-refractivity contribution in [2.24, 2.45) is 0 Å². The Morgan fingerprint density at radius 3 is 2.27 bits per heavy atom. The van der Waals surface area contributed by atoms with Crippen LogP contribution in [0, 0.1) is 5.82 Å². The average Bonchev–Trinajstić information content (AvgIpc) is 2.83. The number of halogens is 1. The van der Waals surface area contributed by atoms with Gasteiger partial charge in [0.25, 0.3) is 10.0 Å². The first kappa shape index (κ1) is 24.3. The van der Waals surface area contributed by atoms with Crippen LogP contribution in [0.25, 0.3) is 0 Å². The van der Waals surface area contributed by atoms with Gasteiger partial charge in [0.1, 0.15) is 18.1 Å². The summed E-state index contributed by atoms with van der Waals surface area (Å²) in [7, 11) is -4.01. The minimum atomic E-state index is -4.01. The molecule has 0 aromatic heterocycles. The number of sulfonamides is 1. The SMILES string of the molecule is CCOc1ccc(CCCNC(=O)CN(c2ccc(F)cc2)S(=O)(=O)c2ccccc2)cc1. The minimum Gasteiger partial charge on any atom is -0.494 e. The number of nitrogens with one attached hydrogen (secondary N) is 1. The lowest BCUT2D eigenvalue weighted by Gasteiger charge is -2.24. The van der Waals surface area contributed by atoms with Crippen molar-refractivity contribution < 1.29 is 22.3 Å². The van der Waals surface area contributed by atoms with E-state index in [0.29, 0.717) is 19.6 Å². The van der Waals surface area contributed by atoms with Crippen LogP contribution in [0.5, 0.6) is 5.75 Å². The second kappa shape index (κ2) is 11.5. The number of hydrogen-bond acceptors (Lipinski definition) is 4. The van der Waals surface area contributed by atoms with Crippen molar-refractivity contribution >= 4 is 21.6 Å². The fourth-order valence-corrected chi connectivity index (χ4v) is 4.71. The third-order valence-electron chi connectivity index (χ3n) is 4.93. The Bertz CT molecular complexity index is 1140. The molecule has 3 aromatic carbocycles. The summed E-state index contributed by atoms with van der Waals surface area (Å²) >= 11 is 0. The first-order chi connectivity index (χ1) is 15.9. The molecule has 0 atom stereocenters. The van der Waals surface area contributed by atoms with Crippen LogP contribution >= 0.6 is 0 Å². The Labute approximate surface area is 194 Å². The predicted molar refractivity (Wildman–Crippen MR) is 126 cm³/mol. The van der Waals surface area contributed by atoms with Crippen LogP contribution in [0.15, 0.2) is 83.8 Å². The summed E-state index contributed by atoms with van der Waals surface area (Å²) in [4.78, 5) is 12.6. The van der Waals surface area contributed by atoms with Crippen molar-refractivity contribution in [3.05, 3.63) is 90.2 Å². The zero-order valence-corrected chi connectivity index (χ0v) is 19.2. The van der Waals surface area contributed by atoms with E-state index in [-0.39, 0.29) is 10.6 Å². The van der Waals surface area contributed by atoms with Crippen LogP contribution in [0.1, 0.15) is 18.9 Å². The van der Waals surface area contributed by atoms with Gasteiger partial charge < -0.3 is 10.1 Å². The molecular formula is C25H27FN2O4S. The standard InChI is InChI=1S/C25H27FN2O4S/c1-2-32-23-16-10-20(11-17-23)7-6-18-27-25(29)19-28(22-14-12-21(26)13-15-22)33(30,31)24-8-4-3-5-9-24/h3-5,8-17H,2,6-7,18-19H2,1H3,(H,27,29). The number of anilines is 1. The number of benzene rings is 3. The van der Waals surface area contributed by atoms with E-state index in [0.717, 1.165) is 34.2 Å². The first-order valence-electron chi connectivity index (χ1n) is 10.7. The zero-order chi connectivity index (χ0) is 23.7. The van der Waals surface area contributed by atoms with Crippen molar-refractivity contribution in [1.29, 1.82) is 0 Å². The van der Waals surface area contributed by atoms with E-state index in [4.69, 9.17) is 4.74 Å². The lowest BCUT2D eigenvalue weighted by molar-refractivity contribution is -0.119. The lowest BCUT2D eigenvalue weighted by Crippen LogP contribution is -2.41. The average molecular weight is 471 g/mol. The molecule has 0 saturated heterocycles. The van der Waals surface area contributed by atoms with Crippen LogP contribution in [-0.2, 0) is 21.2 Å². The number of amides is 1. The zero-order valence-electron chi connectivity index (χ0n) is 18.4. The van der Waals surface area contributed by atoms with E-state index in [1.165, 1.54) is 24.3 Å². The van der Waals surface area contributed by atoms with E-state index >= 15 is 0 Å². The molecule has 174 valence electrons. The van der Waals surface area contributed by atoms with Crippen molar-refractivity contribution in [1.82, 2.24) is 5.32 Å². The number of carbonyl (C=O) groups is 1. The third kappa shape index (κ3) is 6.79. The minimum absolute atomic E-state index is 0.0534. The molecule has 0 aliphatic rings. The molecule has 0 unspecified atom stereocenters. The number of ether oxygens (including phenoxy) is 1. The molecule has 0 radical (unpaired) electrons. The monoisotopic (exact) mass is 470 g/mol. The molecule has 1 amide bonds. The van der Waals surface area contributed by atoms with Crippen molar-refractivity contribution in [2.45, 2.75) is 24.7 Å². The molecule has 3 aromatic rings. The first-order valence-corrected chi connectivity index (χ1v) is 12.2. The van der Waals surface area contributed by atoms with E-state index in [1.54, 1.807) is 18.2 Å². The van der Waals surface area contributed by atoms with Crippen LogP contribution in [-0.4, -0.2) is 34.0 Å². The second-order valence-electron chi connectivity index (χ2n) is 7.33. The maximum atomic E-state index is 13.4. The number of hydrogen-bond donors (Lipinski definition) is 1. The molecule has 0 bridgehead atoms. The Kier molecular flexibility index (Phi) is 8.43. The Morgan fingerprint density at radius 1 is 0.970 bits per heavy atom. The third-order valence-corrected chi connectivity index (χ3v) is 6.72. The molecule has 6 nitrogen and oxygen atoms in total. The molecule has 3 rings (SSSR count). The fourth-order valence-electron chi connectivity index (χ4n) is 3.27. The summed E-state index contributed by atoms with van der Waals surface area (Å²) in [6.45, 7) is 2.53. The number of aryl methyl sites for hydroxylation is 1. The largest absolute Gasteiger partial charge is 0.494 e.